The second-order valence-corrected chi connectivity index (χ2v) is 4.01. The molecular weight excluding hydrogens is 218 g/mol. The van der Waals surface area contributed by atoms with Crippen LogP contribution in [0.2, 0.25) is 0 Å². The predicted molar refractivity (Wildman–Crippen MR) is 66.2 cm³/mol. The molecule has 0 heterocycles. The van der Waals surface area contributed by atoms with Gasteiger partial charge in [-0.25, -0.2) is 0 Å². The second kappa shape index (κ2) is 6.25. The van der Waals surface area contributed by atoms with Crippen LogP contribution in [-0.2, 0) is 11.3 Å². The number of carbonyl (C=O) groups is 1. The molecule has 0 aliphatic carbocycles. The van der Waals surface area contributed by atoms with Crippen molar-refractivity contribution in [3.8, 4) is 5.75 Å². The third kappa shape index (κ3) is 4.07. The quantitative estimate of drug-likeness (QED) is 0.822. The van der Waals surface area contributed by atoms with Gasteiger partial charge in [0.25, 0.3) is 0 Å². The number of hydrogen-bond acceptors (Lipinski definition) is 3. The van der Waals surface area contributed by atoms with Crippen molar-refractivity contribution in [3.05, 3.63) is 29.8 Å². The SMILES string of the molecule is CCOc1cccc(CN(C)C(C)C(=O)O)c1. The van der Waals surface area contributed by atoms with Crippen LogP contribution in [-0.4, -0.2) is 35.7 Å². The molecule has 0 saturated carbocycles. The van der Waals surface area contributed by atoms with Crippen molar-refractivity contribution in [1.29, 1.82) is 0 Å². The lowest BCUT2D eigenvalue weighted by Gasteiger charge is -2.21. The normalized spacial score (nSPS) is 12.5. The highest BCUT2D eigenvalue weighted by Crippen LogP contribution is 2.15. The van der Waals surface area contributed by atoms with E-state index < -0.39 is 12.0 Å². The van der Waals surface area contributed by atoms with Crippen LogP contribution < -0.4 is 4.74 Å². The van der Waals surface area contributed by atoms with E-state index in [1.807, 2.05) is 31.2 Å². The Labute approximate surface area is 102 Å². The van der Waals surface area contributed by atoms with Gasteiger partial charge in [-0.15, -0.1) is 0 Å². The highest BCUT2D eigenvalue weighted by atomic mass is 16.5. The molecule has 0 saturated heterocycles. The molecule has 94 valence electrons. The van der Waals surface area contributed by atoms with Crippen LogP contribution in [0.25, 0.3) is 0 Å². The summed E-state index contributed by atoms with van der Waals surface area (Å²) in [4.78, 5) is 12.6. The molecule has 1 aromatic carbocycles. The third-order valence-electron chi connectivity index (χ3n) is 2.66. The van der Waals surface area contributed by atoms with Gasteiger partial charge in [0.15, 0.2) is 0 Å². The van der Waals surface area contributed by atoms with E-state index in [0.29, 0.717) is 13.2 Å². The number of benzene rings is 1. The fourth-order valence-corrected chi connectivity index (χ4v) is 1.51. The average molecular weight is 237 g/mol. The molecular formula is C13H19NO3. The number of carboxylic acids is 1. The molecule has 0 amide bonds. The summed E-state index contributed by atoms with van der Waals surface area (Å²) in [5.74, 6) is 0.00911. The molecule has 0 bridgehead atoms. The highest BCUT2D eigenvalue weighted by Gasteiger charge is 2.16. The van der Waals surface area contributed by atoms with Crippen LogP contribution in [0.4, 0.5) is 0 Å². The Morgan fingerprint density at radius 2 is 2.24 bits per heavy atom. The molecule has 1 atom stereocenters. The topological polar surface area (TPSA) is 49.8 Å². The molecule has 0 spiro atoms. The minimum Gasteiger partial charge on any atom is -0.494 e. The first kappa shape index (κ1) is 13.5. The van der Waals surface area contributed by atoms with E-state index in [1.54, 1.807) is 18.9 Å². The predicted octanol–water partition coefficient (Wildman–Crippen LogP) is 1.99. The minimum absolute atomic E-state index is 0.495. The van der Waals surface area contributed by atoms with Crippen molar-refractivity contribution in [3.63, 3.8) is 0 Å². The van der Waals surface area contributed by atoms with Crippen LogP contribution in [0.3, 0.4) is 0 Å². The van der Waals surface area contributed by atoms with E-state index in [9.17, 15) is 4.79 Å². The van der Waals surface area contributed by atoms with E-state index in [-0.39, 0.29) is 0 Å². The third-order valence-corrected chi connectivity index (χ3v) is 2.66. The summed E-state index contributed by atoms with van der Waals surface area (Å²) in [7, 11) is 1.80. The van der Waals surface area contributed by atoms with Crippen molar-refractivity contribution >= 4 is 5.97 Å². The largest absolute Gasteiger partial charge is 0.494 e. The lowest BCUT2D eigenvalue weighted by Crippen LogP contribution is -2.35. The molecule has 0 aromatic heterocycles. The number of rotatable bonds is 6. The van der Waals surface area contributed by atoms with Crippen LogP contribution in [0.1, 0.15) is 19.4 Å². The van der Waals surface area contributed by atoms with E-state index in [1.165, 1.54) is 0 Å². The lowest BCUT2D eigenvalue weighted by molar-refractivity contribution is -0.142. The monoisotopic (exact) mass is 237 g/mol. The summed E-state index contributed by atoms with van der Waals surface area (Å²) in [5, 5.41) is 8.90. The summed E-state index contributed by atoms with van der Waals surface area (Å²) in [6.07, 6.45) is 0. The smallest absolute Gasteiger partial charge is 0.320 e. The summed E-state index contributed by atoms with van der Waals surface area (Å²) < 4.78 is 5.40. The Morgan fingerprint density at radius 3 is 2.82 bits per heavy atom. The van der Waals surface area contributed by atoms with Crippen LogP contribution in [0.15, 0.2) is 24.3 Å². The van der Waals surface area contributed by atoms with Gasteiger partial charge < -0.3 is 9.84 Å². The van der Waals surface area contributed by atoms with Crippen LogP contribution in [0, 0.1) is 0 Å². The Kier molecular flexibility index (Phi) is 4.97. The first-order valence-corrected chi connectivity index (χ1v) is 5.69. The number of carboxylic acid groups (broad SMARTS) is 1. The number of aliphatic carboxylic acids is 1. The molecule has 1 N–H and O–H groups in total. The summed E-state index contributed by atoms with van der Waals surface area (Å²) in [5.41, 5.74) is 1.05. The molecule has 4 nitrogen and oxygen atoms in total. The Hall–Kier alpha value is -1.55. The molecule has 0 aliphatic rings. The fourth-order valence-electron chi connectivity index (χ4n) is 1.51. The molecule has 0 fully saturated rings. The van der Waals surface area contributed by atoms with Gasteiger partial charge in [-0.1, -0.05) is 12.1 Å². The Balaban J connectivity index is 2.67. The van der Waals surface area contributed by atoms with Crippen molar-refractivity contribution in [2.75, 3.05) is 13.7 Å². The number of likely N-dealkylation sites (N-methyl/N-ethyl adjacent to an activating group) is 1. The minimum atomic E-state index is -0.812. The van der Waals surface area contributed by atoms with Gasteiger partial charge in [0, 0.05) is 6.54 Å². The van der Waals surface area contributed by atoms with Crippen molar-refractivity contribution in [2.45, 2.75) is 26.4 Å². The number of hydrogen-bond donors (Lipinski definition) is 1. The van der Waals surface area contributed by atoms with Crippen molar-refractivity contribution in [2.24, 2.45) is 0 Å². The molecule has 17 heavy (non-hydrogen) atoms. The highest BCUT2D eigenvalue weighted by molar-refractivity contribution is 5.72. The van der Waals surface area contributed by atoms with E-state index >= 15 is 0 Å². The molecule has 1 aromatic rings. The van der Waals surface area contributed by atoms with E-state index in [2.05, 4.69) is 0 Å². The zero-order valence-electron chi connectivity index (χ0n) is 10.5. The van der Waals surface area contributed by atoms with Gasteiger partial charge in [0.05, 0.1) is 6.61 Å². The van der Waals surface area contributed by atoms with Crippen LogP contribution >= 0.6 is 0 Å². The Morgan fingerprint density at radius 1 is 1.53 bits per heavy atom. The second-order valence-electron chi connectivity index (χ2n) is 4.01. The first-order valence-electron chi connectivity index (χ1n) is 5.69. The van der Waals surface area contributed by atoms with Crippen LogP contribution in [0.5, 0.6) is 5.75 Å². The molecule has 1 rings (SSSR count). The zero-order chi connectivity index (χ0) is 12.8. The molecule has 4 heteroatoms. The van der Waals surface area contributed by atoms with Gasteiger partial charge in [-0.3, -0.25) is 9.69 Å². The van der Waals surface area contributed by atoms with Crippen molar-refractivity contribution in [1.82, 2.24) is 4.90 Å². The van der Waals surface area contributed by atoms with E-state index in [4.69, 9.17) is 9.84 Å². The van der Waals surface area contributed by atoms with Gasteiger partial charge in [-0.05, 0) is 38.6 Å². The molecule has 0 radical (unpaired) electrons. The summed E-state index contributed by atoms with van der Waals surface area (Å²) >= 11 is 0. The molecule has 0 aliphatic heterocycles. The first-order chi connectivity index (χ1) is 8.04. The standard InChI is InChI=1S/C13H19NO3/c1-4-17-12-7-5-6-11(8-12)9-14(3)10(2)13(15)16/h5-8,10H,4,9H2,1-3H3,(H,15,16). The lowest BCUT2D eigenvalue weighted by atomic mass is 10.2. The van der Waals surface area contributed by atoms with Crippen molar-refractivity contribution < 1.29 is 14.6 Å². The van der Waals surface area contributed by atoms with Gasteiger partial charge >= 0.3 is 5.97 Å². The maximum Gasteiger partial charge on any atom is 0.320 e. The fraction of sp³-hybridized carbons (Fsp3) is 0.462. The van der Waals surface area contributed by atoms with E-state index in [0.717, 1.165) is 11.3 Å². The Bertz CT molecular complexity index is 379. The summed E-state index contributed by atoms with van der Waals surface area (Å²) in [6.45, 7) is 4.83. The zero-order valence-corrected chi connectivity index (χ0v) is 10.5. The summed E-state index contributed by atoms with van der Waals surface area (Å²) in [6, 6.07) is 7.22. The van der Waals surface area contributed by atoms with Gasteiger partial charge in [0.2, 0.25) is 0 Å². The number of ether oxygens (including phenoxy) is 1. The van der Waals surface area contributed by atoms with Gasteiger partial charge in [-0.2, -0.15) is 0 Å². The van der Waals surface area contributed by atoms with Gasteiger partial charge in [0.1, 0.15) is 11.8 Å². The molecule has 1 unspecified atom stereocenters. The maximum absolute atomic E-state index is 10.8. The number of nitrogens with zero attached hydrogens (tertiary/aromatic N) is 1. The average Bonchev–Trinajstić information content (AvgIpc) is 2.28. The maximum atomic E-state index is 10.8.